The summed E-state index contributed by atoms with van der Waals surface area (Å²) in [5.74, 6) is -1.64. The average molecular weight is 340 g/mol. The maximum atomic E-state index is 9.55. The van der Waals surface area contributed by atoms with Crippen LogP contribution in [0.2, 0.25) is 5.15 Å². The van der Waals surface area contributed by atoms with E-state index in [1.807, 2.05) is 12.3 Å². The molecule has 0 radical (unpaired) electrons. The molecule has 2 aliphatic heterocycles. The number of nitrogens with one attached hydrogen (secondary N) is 1. The van der Waals surface area contributed by atoms with Crippen molar-refractivity contribution >= 4 is 29.2 Å². The lowest BCUT2D eigenvalue weighted by Crippen LogP contribution is -2.63. The Bertz CT molecular complexity index is 575. The Kier molecular flexibility index (Phi) is 5.95. The van der Waals surface area contributed by atoms with Gasteiger partial charge >= 0.3 is 11.9 Å². The molecule has 1 aromatic rings. The first-order chi connectivity index (χ1) is 11.0. The van der Waals surface area contributed by atoms with E-state index in [0.29, 0.717) is 23.3 Å². The van der Waals surface area contributed by atoms with Gasteiger partial charge in [-0.25, -0.2) is 14.6 Å². The number of pyridine rings is 1. The Morgan fingerprint density at radius 2 is 2.00 bits per heavy atom. The van der Waals surface area contributed by atoms with Crippen LogP contribution in [0, 0.1) is 5.92 Å². The standard InChI is InChI=1S/C11H14ClN3.C4H4O4/c12-11-2-1-9(5-14-11)15-7-8-3-4-13-6-10(8)15;5-3(6)1-2-4(7)8/h1-2,5,8,10,13H,3-4,6-7H2;1-2H,(H,5,6)(H,7,8)/b;2-1+/t8-,10-;/m0./s1. The van der Waals surface area contributed by atoms with Crippen LogP contribution in [-0.2, 0) is 9.59 Å². The number of hydrogen-bond acceptors (Lipinski definition) is 5. The fraction of sp³-hybridized carbons (Fsp3) is 0.400. The largest absolute Gasteiger partial charge is 0.478 e. The number of anilines is 1. The highest BCUT2D eigenvalue weighted by atomic mass is 35.5. The van der Waals surface area contributed by atoms with Gasteiger partial charge in [-0.1, -0.05) is 11.6 Å². The number of hydrogen-bond donors (Lipinski definition) is 3. The highest BCUT2D eigenvalue weighted by molar-refractivity contribution is 6.29. The molecule has 3 rings (SSSR count). The number of carboxylic acids is 2. The first-order valence-electron chi connectivity index (χ1n) is 7.20. The summed E-state index contributed by atoms with van der Waals surface area (Å²) >= 11 is 5.77. The predicted molar refractivity (Wildman–Crippen MR) is 85.8 cm³/mol. The summed E-state index contributed by atoms with van der Waals surface area (Å²) in [5.41, 5.74) is 1.20. The minimum absolute atomic E-state index is 0.558. The molecule has 2 fully saturated rings. The van der Waals surface area contributed by atoms with Gasteiger partial charge in [0.2, 0.25) is 0 Å². The third-order valence-corrected chi connectivity index (χ3v) is 4.06. The van der Waals surface area contributed by atoms with E-state index in [0.717, 1.165) is 12.5 Å². The number of nitrogens with zero attached hydrogens (tertiary/aromatic N) is 2. The van der Waals surface area contributed by atoms with E-state index >= 15 is 0 Å². The summed E-state index contributed by atoms with van der Waals surface area (Å²) in [6.07, 6.45) is 4.29. The first kappa shape index (κ1) is 17.2. The van der Waals surface area contributed by atoms with Gasteiger partial charge in [-0.3, -0.25) is 0 Å². The van der Waals surface area contributed by atoms with Gasteiger partial charge in [-0.15, -0.1) is 0 Å². The zero-order valence-corrected chi connectivity index (χ0v) is 13.1. The van der Waals surface area contributed by atoms with Crippen molar-refractivity contribution < 1.29 is 19.8 Å². The molecule has 3 N–H and O–H groups in total. The van der Waals surface area contributed by atoms with Crippen LogP contribution in [0.5, 0.6) is 0 Å². The molecule has 124 valence electrons. The van der Waals surface area contributed by atoms with Gasteiger partial charge in [0, 0.05) is 31.3 Å². The van der Waals surface area contributed by atoms with Crippen molar-refractivity contribution in [1.29, 1.82) is 0 Å². The molecule has 0 amide bonds. The molecule has 0 aromatic carbocycles. The molecule has 0 unspecified atom stereocenters. The van der Waals surface area contributed by atoms with Gasteiger partial charge in [0.15, 0.2) is 0 Å². The smallest absolute Gasteiger partial charge is 0.328 e. The van der Waals surface area contributed by atoms with Crippen molar-refractivity contribution in [2.24, 2.45) is 5.92 Å². The maximum absolute atomic E-state index is 9.55. The van der Waals surface area contributed by atoms with Crippen molar-refractivity contribution in [3.8, 4) is 0 Å². The molecule has 8 heteroatoms. The second-order valence-electron chi connectivity index (χ2n) is 5.32. The van der Waals surface area contributed by atoms with Crippen LogP contribution in [-0.4, -0.2) is 52.8 Å². The Balaban J connectivity index is 0.000000207. The van der Waals surface area contributed by atoms with Crippen LogP contribution in [0.15, 0.2) is 30.5 Å². The van der Waals surface area contributed by atoms with Crippen LogP contribution in [0.3, 0.4) is 0 Å². The summed E-state index contributed by atoms with van der Waals surface area (Å²) in [7, 11) is 0. The third kappa shape index (κ3) is 4.94. The van der Waals surface area contributed by atoms with Crippen LogP contribution in [0.4, 0.5) is 5.69 Å². The van der Waals surface area contributed by atoms with Crippen molar-refractivity contribution in [3.05, 3.63) is 35.6 Å². The predicted octanol–water partition coefficient (Wildman–Crippen LogP) is 1.24. The molecule has 2 saturated heterocycles. The highest BCUT2D eigenvalue weighted by Crippen LogP contribution is 2.34. The van der Waals surface area contributed by atoms with E-state index in [-0.39, 0.29) is 0 Å². The van der Waals surface area contributed by atoms with Gasteiger partial charge in [0.05, 0.1) is 11.9 Å². The highest BCUT2D eigenvalue weighted by Gasteiger charge is 2.40. The second-order valence-corrected chi connectivity index (χ2v) is 5.71. The van der Waals surface area contributed by atoms with Crippen molar-refractivity contribution in [3.63, 3.8) is 0 Å². The Morgan fingerprint density at radius 1 is 1.30 bits per heavy atom. The SMILES string of the molecule is Clc1ccc(N2C[C@@H]3CCNC[C@@H]32)cn1.O=C(O)/C=C/C(=O)O. The number of aliphatic carboxylic acids is 2. The lowest BCUT2D eigenvalue weighted by molar-refractivity contribution is -0.134. The van der Waals surface area contributed by atoms with Crippen LogP contribution in [0.1, 0.15) is 6.42 Å². The van der Waals surface area contributed by atoms with Crippen molar-refractivity contribution in [2.45, 2.75) is 12.5 Å². The molecular formula is C15H18ClN3O4. The lowest BCUT2D eigenvalue weighted by Gasteiger charge is -2.52. The minimum atomic E-state index is -1.26. The number of halogens is 1. The number of rotatable bonds is 3. The van der Waals surface area contributed by atoms with E-state index in [9.17, 15) is 9.59 Å². The molecule has 7 nitrogen and oxygen atoms in total. The summed E-state index contributed by atoms with van der Waals surface area (Å²) in [4.78, 5) is 25.6. The van der Waals surface area contributed by atoms with E-state index in [2.05, 4.69) is 21.3 Å². The lowest BCUT2D eigenvalue weighted by atomic mass is 9.83. The number of piperidine rings is 1. The summed E-state index contributed by atoms with van der Waals surface area (Å²) in [6, 6.07) is 4.59. The van der Waals surface area contributed by atoms with E-state index in [4.69, 9.17) is 21.8 Å². The minimum Gasteiger partial charge on any atom is -0.478 e. The Labute approximate surface area is 138 Å². The van der Waals surface area contributed by atoms with E-state index in [1.165, 1.54) is 25.2 Å². The maximum Gasteiger partial charge on any atom is 0.328 e. The fourth-order valence-electron chi connectivity index (χ4n) is 2.70. The third-order valence-electron chi connectivity index (χ3n) is 3.83. The molecule has 23 heavy (non-hydrogen) atoms. The Morgan fingerprint density at radius 3 is 2.52 bits per heavy atom. The zero-order chi connectivity index (χ0) is 16.8. The summed E-state index contributed by atoms with van der Waals surface area (Å²) in [6.45, 7) is 3.46. The molecule has 3 heterocycles. The van der Waals surface area contributed by atoms with Crippen LogP contribution >= 0.6 is 11.6 Å². The molecular weight excluding hydrogens is 322 g/mol. The molecule has 0 bridgehead atoms. The van der Waals surface area contributed by atoms with Crippen molar-refractivity contribution in [2.75, 3.05) is 24.5 Å². The Hall–Kier alpha value is -2.12. The van der Waals surface area contributed by atoms with Crippen LogP contribution < -0.4 is 10.2 Å². The second kappa shape index (κ2) is 7.94. The van der Waals surface area contributed by atoms with Gasteiger partial charge in [0.25, 0.3) is 0 Å². The molecule has 0 aliphatic carbocycles. The van der Waals surface area contributed by atoms with Gasteiger partial charge in [0.1, 0.15) is 5.15 Å². The molecule has 2 aliphatic rings. The zero-order valence-electron chi connectivity index (χ0n) is 12.4. The van der Waals surface area contributed by atoms with E-state index < -0.39 is 11.9 Å². The quantitative estimate of drug-likeness (QED) is 0.562. The average Bonchev–Trinajstić information content (AvgIpc) is 2.49. The first-order valence-corrected chi connectivity index (χ1v) is 7.58. The number of aromatic nitrogens is 1. The molecule has 0 spiro atoms. The van der Waals surface area contributed by atoms with Crippen LogP contribution in [0.25, 0.3) is 0 Å². The summed E-state index contributed by atoms with van der Waals surface area (Å²) < 4.78 is 0. The van der Waals surface area contributed by atoms with Crippen molar-refractivity contribution in [1.82, 2.24) is 10.3 Å². The van der Waals surface area contributed by atoms with Gasteiger partial charge in [-0.05, 0) is 31.0 Å². The van der Waals surface area contributed by atoms with Gasteiger partial charge < -0.3 is 20.4 Å². The number of fused-ring (bicyclic) bond motifs is 1. The molecule has 1 aromatic heterocycles. The van der Waals surface area contributed by atoms with Gasteiger partial charge in [-0.2, -0.15) is 0 Å². The number of carbonyl (C=O) groups is 2. The summed E-state index contributed by atoms with van der Waals surface area (Å²) in [5, 5.41) is 19.6. The normalized spacial score (nSPS) is 22.6. The molecule has 2 atom stereocenters. The monoisotopic (exact) mass is 339 g/mol. The topological polar surface area (TPSA) is 103 Å². The fourth-order valence-corrected chi connectivity index (χ4v) is 2.81. The number of carboxylic acid groups (broad SMARTS) is 2. The van der Waals surface area contributed by atoms with E-state index in [1.54, 1.807) is 0 Å². The molecule has 0 saturated carbocycles.